The van der Waals surface area contributed by atoms with E-state index in [-0.39, 0.29) is 23.8 Å². The zero-order valence-electron chi connectivity index (χ0n) is 12.7. The molecule has 22 heavy (non-hydrogen) atoms. The van der Waals surface area contributed by atoms with Gasteiger partial charge in [-0.25, -0.2) is 0 Å². The van der Waals surface area contributed by atoms with Gasteiger partial charge < -0.3 is 16.4 Å². The van der Waals surface area contributed by atoms with E-state index >= 15 is 0 Å². The zero-order chi connectivity index (χ0) is 15.9. The van der Waals surface area contributed by atoms with Crippen LogP contribution in [0.5, 0.6) is 0 Å². The van der Waals surface area contributed by atoms with E-state index in [0.717, 1.165) is 25.7 Å². The van der Waals surface area contributed by atoms with Crippen molar-refractivity contribution in [3.8, 4) is 0 Å². The van der Waals surface area contributed by atoms with Crippen LogP contribution in [0.2, 0.25) is 0 Å². The van der Waals surface area contributed by atoms with Crippen LogP contribution in [0.15, 0.2) is 36.9 Å². The number of carbonyl (C=O) groups excluding carboxylic acids is 2. The summed E-state index contributed by atoms with van der Waals surface area (Å²) in [6, 6.07) is 6.99. The maximum Gasteiger partial charge on any atom is 0.251 e. The quantitative estimate of drug-likeness (QED) is 0.728. The van der Waals surface area contributed by atoms with Gasteiger partial charge in [0, 0.05) is 29.8 Å². The van der Waals surface area contributed by atoms with Crippen LogP contribution in [0.4, 0.5) is 5.69 Å². The van der Waals surface area contributed by atoms with Crippen molar-refractivity contribution in [2.24, 2.45) is 11.7 Å². The fourth-order valence-electron chi connectivity index (χ4n) is 2.68. The van der Waals surface area contributed by atoms with Crippen molar-refractivity contribution in [2.75, 3.05) is 11.9 Å². The van der Waals surface area contributed by atoms with Crippen LogP contribution in [0, 0.1) is 5.92 Å². The summed E-state index contributed by atoms with van der Waals surface area (Å²) in [6.45, 7) is 3.98. The minimum absolute atomic E-state index is 0.0130. The molecule has 1 aliphatic carbocycles. The number of amides is 2. The Balaban J connectivity index is 1.91. The largest absolute Gasteiger partial charge is 0.349 e. The second-order valence-electron chi connectivity index (χ2n) is 5.69. The van der Waals surface area contributed by atoms with E-state index in [4.69, 9.17) is 5.73 Å². The summed E-state index contributed by atoms with van der Waals surface area (Å²) in [6.07, 6.45) is 5.26. The maximum atomic E-state index is 12.2. The molecule has 0 radical (unpaired) electrons. The first-order chi connectivity index (χ1) is 10.6. The van der Waals surface area contributed by atoms with Gasteiger partial charge in [0.2, 0.25) is 5.91 Å². The van der Waals surface area contributed by atoms with Crippen molar-refractivity contribution in [3.05, 3.63) is 42.5 Å². The smallest absolute Gasteiger partial charge is 0.251 e. The molecule has 0 bridgehead atoms. The van der Waals surface area contributed by atoms with Gasteiger partial charge in [-0.2, -0.15) is 0 Å². The van der Waals surface area contributed by atoms with E-state index in [1.165, 1.54) is 0 Å². The first kappa shape index (κ1) is 16.2. The molecule has 2 amide bonds. The summed E-state index contributed by atoms with van der Waals surface area (Å²) in [5.41, 5.74) is 7.17. The van der Waals surface area contributed by atoms with Gasteiger partial charge in [-0.05, 0) is 43.5 Å². The Hall–Kier alpha value is -2.14. The number of nitrogens with one attached hydrogen (secondary N) is 2. The molecular weight excluding hydrogens is 278 g/mol. The number of hydrogen-bond donors (Lipinski definition) is 3. The molecule has 118 valence electrons. The summed E-state index contributed by atoms with van der Waals surface area (Å²) in [4.78, 5) is 24.0. The molecule has 4 N–H and O–H groups in total. The van der Waals surface area contributed by atoms with Crippen LogP contribution < -0.4 is 16.4 Å². The molecule has 5 nitrogen and oxygen atoms in total. The van der Waals surface area contributed by atoms with E-state index in [1.54, 1.807) is 30.3 Å². The SMILES string of the molecule is C=CCNC(=O)c1ccc(NC(=O)C2CCCC(N)C2)cc1. The van der Waals surface area contributed by atoms with Gasteiger partial charge in [-0.15, -0.1) is 6.58 Å². The monoisotopic (exact) mass is 301 g/mol. The number of carbonyl (C=O) groups is 2. The van der Waals surface area contributed by atoms with Crippen LogP contribution in [0.3, 0.4) is 0 Å². The normalized spacial score (nSPS) is 21.0. The van der Waals surface area contributed by atoms with Crippen molar-refractivity contribution < 1.29 is 9.59 Å². The van der Waals surface area contributed by atoms with Gasteiger partial charge in [0.05, 0.1) is 0 Å². The van der Waals surface area contributed by atoms with Crippen molar-refractivity contribution >= 4 is 17.5 Å². The molecule has 1 aromatic carbocycles. The number of anilines is 1. The lowest BCUT2D eigenvalue weighted by atomic mass is 9.85. The number of benzene rings is 1. The molecule has 1 aliphatic rings. The first-order valence-corrected chi connectivity index (χ1v) is 7.65. The lowest BCUT2D eigenvalue weighted by Crippen LogP contribution is -2.34. The number of nitrogens with two attached hydrogens (primary N) is 1. The van der Waals surface area contributed by atoms with Gasteiger partial charge in [0.15, 0.2) is 0 Å². The molecule has 2 atom stereocenters. The maximum absolute atomic E-state index is 12.2. The average molecular weight is 301 g/mol. The molecule has 5 heteroatoms. The number of hydrogen-bond acceptors (Lipinski definition) is 3. The molecular formula is C17H23N3O2. The van der Waals surface area contributed by atoms with E-state index in [9.17, 15) is 9.59 Å². The Morgan fingerprint density at radius 3 is 2.64 bits per heavy atom. The highest BCUT2D eigenvalue weighted by molar-refractivity contribution is 5.96. The Bertz CT molecular complexity index is 539. The minimum atomic E-state index is -0.156. The third-order valence-electron chi connectivity index (χ3n) is 3.91. The second-order valence-corrected chi connectivity index (χ2v) is 5.69. The van der Waals surface area contributed by atoms with Crippen LogP contribution >= 0.6 is 0 Å². The van der Waals surface area contributed by atoms with Gasteiger partial charge in [-0.1, -0.05) is 12.5 Å². The van der Waals surface area contributed by atoms with Crippen LogP contribution in [0.1, 0.15) is 36.0 Å². The Morgan fingerprint density at radius 1 is 1.27 bits per heavy atom. The molecule has 0 saturated heterocycles. The van der Waals surface area contributed by atoms with Gasteiger partial charge in [-0.3, -0.25) is 9.59 Å². The highest BCUT2D eigenvalue weighted by Gasteiger charge is 2.25. The van der Waals surface area contributed by atoms with Crippen molar-refractivity contribution in [2.45, 2.75) is 31.7 Å². The molecule has 2 rings (SSSR count). The average Bonchev–Trinajstić information content (AvgIpc) is 2.53. The van der Waals surface area contributed by atoms with E-state index in [1.807, 2.05) is 0 Å². The van der Waals surface area contributed by atoms with Crippen molar-refractivity contribution in [1.29, 1.82) is 0 Å². The van der Waals surface area contributed by atoms with Crippen molar-refractivity contribution in [3.63, 3.8) is 0 Å². The predicted octanol–water partition coefficient (Wildman–Crippen LogP) is 2.06. The molecule has 0 aliphatic heterocycles. The van der Waals surface area contributed by atoms with Crippen LogP contribution in [0.25, 0.3) is 0 Å². The van der Waals surface area contributed by atoms with Gasteiger partial charge >= 0.3 is 0 Å². The topological polar surface area (TPSA) is 84.2 Å². The highest BCUT2D eigenvalue weighted by atomic mass is 16.2. The molecule has 1 aromatic rings. The van der Waals surface area contributed by atoms with E-state index < -0.39 is 0 Å². The summed E-state index contributed by atoms with van der Waals surface area (Å²) in [5.74, 6) is -0.158. The third-order valence-corrected chi connectivity index (χ3v) is 3.91. The predicted molar refractivity (Wildman–Crippen MR) is 87.5 cm³/mol. The summed E-state index contributed by atoms with van der Waals surface area (Å²) < 4.78 is 0. The standard InChI is InChI=1S/C17H23N3O2/c1-2-10-19-16(21)12-6-8-15(9-7-12)20-17(22)13-4-3-5-14(18)11-13/h2,6-9,13-14H,1,3-5,10-11,18H2,(H,19,21)(H,20,22). The van der Waals surface area contributed by atoms with Crippen LogP contribution in [-0.4, -0.2) is 24.4 Å². The Kier molecular flexibility index (Phi) is 5.72. The summed E-state index contributed by atoms with van der Waals surface area (Å²) >= 11 is 0. The Morgan fingerprint density at radius 2 is 2.00 bits per heavy atom. The molecule has 0 aromatic heterocycles. The zero-order valence-corrected chi connectivity index (χ0v) is 12.7. The molecule has 0 spiro atoms. The summed E-state index contributed by atoms with van der Waals surface area (Å²) in [5, 5.41) is 5.61. The van der Waals surface area contributed by atoms with Crippen molar-refractivity contribution in [1.82, 2.24) is 5.32 Å². The molecule has 0 heterocycles. The van der Waals surface area contributed by atoms with E-state index in [2.05, 4.69) is 17.2 Å². The summed E-state index contributed by atoms with van der Waals surface area (Å²) in [7, 11) is 0. The van der Waals surface area contributed by atoms with Gasteiger partial charge in [0.25, 0.3) is 5.91 Å². The molecule has 1 saturated carbocycles. The molecule has 1 fully saturated rings. The highest BCUT2D eigenvalue weighted by Crippen LogP contribution is 2.24. The second kappa shape index (κ2) is 7.75. The third kappa shape index (κ3) is 4.43. The van der Waals surface area contributed by atoms with Gasteiger partial charge in [0.1, 0.15) is 0 Å². The Labute approximate surface area is 131 Å². The fraction of sp³-hybridized carbons (Fsp3) is 0.412. The molecule has 2 unspecified atom stereocenters. The van der Waals surface area contributed by atoms with E-state index in [0.29, 0.717) is 17.8 Å². The lowest BCUT2D eigenvalue weighted by Gasteiger charge is -2.25. The number of rotatable bonds is 5. The van der Waals surface area contributed by atoms with Crippen LogP contribution in [-0.2, 0) is 4.79 Å². The minimum Gasteiger partial charge on any atom is -0.349 e. The fourth-order valence-corrected chi connectivity index (χ4v) is 2.68. The first-order valence-electron chi connectivity index (χ1n) is 7.65. The lowest BCUT2D eigenvalue weighted by molar-refractivity contribution is -0.120.